The van der Waals surface area contributed by atoms with Crippen LogP contribution in [0.1, 0.15) is 132 Å². The van der Waals surface area contributed by atoms with Gasteiger partial charge in [0.25, 0.3) is 0 Å². The van der Waals surface area contributed by atoms with E-state index in [0.717, 1.165) is 65.8 Å². The number of aryl methyl sites for hydroxylation is 2. The first-order valence-corrected chi connectivity index (χ1v) is 18.0. The monoisotopic (exact) mass is 704 g/mol. The molecule has 0 spiro atoms. The van der Waals surface area contributed by atoms with Crippen LogP contribution in [0.25, 0.3) is 10.9 Å². The molecule has 8 heteroatoms. The van der Waals surface area contributed by atoms with E-state index in [2.05, 4.69) is 73.6 Å². The quantitative estimate of drug-likeness (QED) is 0.209. The summed E-state index contributed by atoms with van der Waals surface area (Å²) in [4.78, 5) is 28.7. The maximum Gasteiger partial charge on any atom is 0.433 e. The lowest BCUT2D eigenvalue weighted by molar-refractivity contribution is -0.141. The fourth-order valence-electron chi connectivity index (χ4n) is 4.95. The standard InChI is InChI=1S/C17H30N2O.C12H10F3N.C7H12O.2C2H6.C2H4/c1-5-8-9-15(4)10-13-19-14-18-16(20)17(19,11-6-2)12-7-3;1-7-3-4-8(2)11-9(7)5-6-10(16-11)12(13,14)15;1-5(2)6(3)7(4)8;3*1-2/h5,8,10,13,15H,6-7,9,11-12,14H2,1-4H3,(H,18,20);3-6H,1-2H3;1-4H3;2*1-2H3;1-2H2/b8-5-,13-10+;;;;;. The Hall–Kier alpha value is -3.68. The van der Waals surface area contributed by atoms with Crippen molar-refractivity contribution < 1.29 is 22.8 Å². The van der Waals surface area contributed by atoms with Crippen LogP contribution in [0.15, 0.2) is 73.0 Å². The number of carbonyl (C=O) groups is 2. The van der Waals surface area contributed by atoms with E-state index in [-0.39, 0.29) is 17.2 Å². The van der Waals surface area contributed by atoms with Crippen LogP contribution < -0.4 is 5.32 Å². The second-order valence-corrected chi connectivity index (χ2v) is 11.8. The third kappa shape index (κ3) is 16.8. The van der Waals surface area contributed by atoms with Gasteiger partial charge in [0.1, 0.15) is 11.2 Å². The van der Waals surface area contributed by atoms with Gasteiger partial charge in [0, 0.05) is 5.39 Å². The molecule has 1 unspecified atom stereocenters. The number of hydrogen-bond acceptors (Lipinski definition) is 4. The summed E-state index contributed by atoms with van der Waals surface area (Å²) in [6.07, 6.45) is 9.23. The highest BCUT2D eigenvalue weighted by atomic mass is 19.4. The van der Waals surface area contributed by atoms with Crippen LogP contribution in [-0.2, 0) is 15.8 Å². The fourth-order valence-corrected chi connectivity index (χ4v) is 4.95. The van der Waals surface area contributed by atoms with Crippen molar-refractivity contribution >= 4 is 22.6 Å². The van der Waals surface area contributed by atoms with E-state index in [1.807, 2.05) is 68.4 Å². The normalized spacial score (nSPS) is 13.5. The average Bonchev–Trinajstić information content (AvgIpc) is 3.40. The third-order valence-corrected chi connectivity index (χ3v) is 7.89. The summed E-state index contributed by atoms with van der Waals surface area (Å²) in [6, 6.07) is 6.17. The van der Waals surface area contributed by atoms with Crippen LogP contribution in [0.2, 0.25) is 0 Å². The highest BCUT2D eigenvalue weighted by Gasteiger charge is 2.45. The first-order chi connectivity index (χ1) is 23.5. The zero-order chi connectivity index (χ0) is 39.7. The largest absolute Gasteiger partial charge is 0.433 e. The number of allylic oxidation sites excluding steroid dienone is 5. The summed E-state index contributed by atoms with van der Waals surface area (Å²) in [7, 11) is 0. The zero-order valence-corrected chi connectivity index (χ0v) is 33.7. The van der Waals surface area contributed by atoms with Gasteiger partial charge < -0.3 is 10.2 Å². The Balaban J connectivity index is -0.000000656. The maximum absolute atomic E-state index is 12.5. The Labute approximate surface area is 303 Å². The molecule has 0 saturated carbocycles. The SMILES string of the molecule is C/C=C\CC(C)/C=C/N1CNC(=O)C1(CCC)CCC.C=C.CC.CC.CC(=O)C(C)=C(C)C.Cc1ccc(C)c2nc(C(F)(F)F)ccc12. The first-order valence-electron chi connectivity index (χ1n) is 18.0. The Kier molecular flexibility index (Phi) is 27.5. The molecule has 1 fully saturated rings. The number of pyridine rings is 1. The van der Waals surface area contributed by atoms with E-state index in [4.69, 9.17) is 0 Å². The van der Waals surface area contributed by atoms with E-state index < -0.39 is 11.9 Å². The zero-order valence-electron chi connectivity index (χ0n) is 33.7. The van der Waals surface area contributed by atoms with Gasteiger partial charge in [0.15, 0.2) is 5.78 Å². The molecule has 50 heavy (non-hydrogen) atoms. The number of halogens is 3. The van der Waals surface area contributed by atoms with Gasteiger partial charge in [-0.05, 0) is 103 Å². The van der Waals surface area contributed by atoms with E-state index in [9.17, 15) is 22.8 Å². The van der Waals surface area contributed by atoms with Crippen molar-refractivity contribution in [3.8, 4) is 0 Å². The van der Waals surface area contributed by atoms with Crippen LogP contribution in [-0.4, -0.2) is 33.8 Å². The van der Waals surface area contributed by atoms with Crippen molar-refractivity contribution in [2.75, 3.05) is 6.67 Å². The lowest BCUT2D eigenvalue weighted by Crippen LogP contribution is -2.46. The molecule has 0 aliphatic carbocycles. The molecule has 2 aromatic rings. The minimum atomic E-state index is -4.38. The molecular formula is C42H68F3N3O2. The summed E-state index contributed by atoms with van der Waals surface area (Å²) >= 11 is 0. The number of aromatic nitrogens is 1. The second kappa shape index (κ2) is 27.1. The smallest absolute Gasteiger partial charge is 0.346 e. The van der Waals surface area contributed by atoms with Crippen LogP contribution in [0, 0.1) is 19.8 Å². The lowest BCUT2D eigenvalue weighted by Gasteiger charge is -2.34. The number of rotatable bonds is 9. The van der Waals surface area contributed by atoms with Gasteiger partial charge in [-0.2, -0.15) is 13.2 Å². The predicted molar refractivity (Wildman–Crippen MR) is 210 cm³/mol. The Morgan fingerprint density at radius 2 is 1.50 bits per heavy atom. The number of amides is 1. The molecule has 1 aliphatic rings. The molecule has 0 radical (unpaired) electrons. The number of hydrogen-bond donors (Lipinski definition) is 1. The molecule has 1 aromatic carbocycles. The minimum absolute atomic E-state index is 0.171. The summed E-state index contributed by atoms with van der Waals surface area (Å²) < 4.78 is 37.5. The molecule has 284 valence electrons. The summed E-state index contributed by atoms with van der Waals surface area (Å²) in [5, 5.41) is 3.79. The van der Waals surface area contributed by atoms with E-state index >= 15 is 0 Å². The van der Waals surface area contributed by atoms with E-state index in [1.165, 1.54) is 6.07 Å². The molecular weight excluding hydrogens is 635 g/mol. The van der Waals surface area contributed by atoms with E-state index in [0.29, 0.717) is 18.1 Å². The van der Waals surface area contributed by atoms with Crippen LogP contribution in [0.4, 0.5) is 13.2 Å². The van der Waals surface area contributed by atoms with Crippen LogP contribution in [0.3, 0.4) is 0 Å². The summed E-state index contributed by atoms with van der Waals surface area (Å²) in [6.45, 7) is 34.1. The van der Waals surface area contributed by atoms with Crippen molar-refractivity contribution in [2.45, 2.75) is 141 Å². The molecule has 2 heterocycles. The first kappa shape index (κ1) is 50.7. The summed E-state index contributed by atoms with van der Waals surface area (Å²) in [5.41, 5.74) is 2.94. The molecule has 1 amide bonds. The van der Waals surface area contributed by atoms with Gasteiger partial charge in [0.2, 0.25) is 5.91 Å². The van der Waals surface area contributed by atoms with Gasteiger partial charge in [-0.1, -0.05) is 103 Å². The molecule has 1 atom stereocenters. The molecule has 1 aromatic heterocycles. The van der Waals surface area contributed by atoms with Gasteiger partial charge in [-0.25, -0.2) is 4.98 Å². The van der Waals surface area contributed by atoms with Gasteiger partial charge in [-0.15, -0.1) is 13.2 Å². The number of carbonyl (C=O) groups excluding carboxylic acids is 2. The number of Topliss-reactive ketones (excluding diaryl/α,β-unsaturated/α-hetero) is 1. The summed E-state index contributed by atoms with van der Waals surface area (Å²) in [5.74, 6) is 0.875. The topological polar surface area (TPSA) is 62.3 Å². The van der Waals surface area contributed by atoms with Crippen molar-refractivity contribution in [3.05, 3.63) is 89.8 Å². The molecule has 5 nitrogen and oxygen atoms in total. The third-order valence-electron chi connectivity index (χ3n) is 7.89. The number of fused-ring (bicyclic) bond motifs is 1. The van der Waals surface area contributed by atoms with Crippen LogP contribution in [0.5, 0.6) is 0 Å². The Morgan fingerprint density at radius 1 is 0.980 bits per heavy atom. The molecule has 1 aliphatic heterocycles. The van der Waals surface area contributed by atoms with Gasteiger partial charge in [-0.3, -0.25) is 9.59 Å². The highest BCUT2D eigenvalue weighted by Crippen LogP contribution is 2.32. The number of benzene rings is 1. The van der Waals surface area contributed by atoms with Crippen molar-refractivity contribution in [1.82, 2.24) is 15.2 Å². The van der Waals surface area contributed by atoms with E-state index in [1.54, 1.807) is 19.9 Å². The number of ketones is 1. The fraction of sp³-hybridized carbons (Fsp3) is 0.548. The predicted octanol–water partition coefficient (Wildman–Crippen LogP) is 12.5. The number of nitrogens with zero attached hydrogens (tertiary/aromatic N) is 2. The number of nitrogens with one attached hydrogen (secondary N) is 1. The second-order valence-electron chi connectivity index (χ2n) is 11.8. The Bertz CT molecular complexity index is 1350. The van der Waals surface area contributed by atoms with Gasteiger partial charge >= 0.3 is 6.18 Å². The average molecular weight is 704 g/mol. The molecule has 0 bridgehead atoms. The highest BCUT2D eigenvalue weighted by molar-refractivity contribution is 5.93. The molecule has 1 saturated heterocycles. The molecule has 1 N–H and O–H groups in total. The minimum Gasteiger partial charge on any atom is -0.346 e. The van der Waals surface area contributed by atoms with Crippen molar-refractivity contribution in [1.29, 1.82) is 0 Å². The van der Waals surface area contributed by atoms with Crippen molar-refractivity contribution in [2.24, 2.45) is 5.92 Å². The lowest BCUT2D eigenvalue weighted by atomic mass is 9.87. The Morgan fingerprint density at radius 3 is 1.92 bits per heavy atom. The van der Waals surface area contributed by atoms with Gasteiger partial charge in [0.05, 0.1) is 12.2 Å². The maximum atomic E-state index is 12.5. The number of alkyl halides is 3. The molecule has 3 rings (SSSR count). The van der Waals surface area contributed by atoms with Crippen LogP contribution >= 0.6 is 0 Å². The van der Waals surface area contributed by atoms with Crippen molar-refractivity contribution in [3.63, 3.8) is 0 Å².